The number of nitrogens with zero attached hydrogens (tertiary/aromatic N) is 2. The van der Waals surface area contributed by atoms with Gasteiger partial charge in [-0.3, -0.25) is 0 Å². The van der Waals surface area contributed by atoms with Gasteiger partial charge in [0.05, 0.1) is 18.8 Å². The highest BCUT2D eigenvalue weighted by molar-refractivity contribution is 14.0. The molecule has 7 heteroatoms. The second kappa shape index (κ2) is 8.85. The molecule has 1 aromatic carbocycles. The Morgan fingerprint density at radius 2 is 2.08 bits per heavy atom. The smallest absolute Gasteiger partial charge is 0.191 e. The fourth-order valence-corrected chi connectivity index (χ4v) is 3.31. The molecule has 0 spiro atoms. The van der Waals surface area contributed by atoms with Crippen molar-refractivity contribution in [2.75, 3.05) is 13.1 Å². The summed E-state index contributed by atoms with van der Waals surface area (Å²) in [5.41, 5.74) is 3.26. The van der Waals surface area contributed by atoms with E-state index in [4.69, 9.17) is 4.52 Å². The Labute approximate surface area is 171 Å². The molecule has 1 unspecified atom stereocenters. The summed E-state index contributed by atoms with van der Waals surface area (Å²) in [6.07, 6.45) is 1.63. The number of aliphatic imine (C=N–C) groups is 1. The Bertz CT molecular complexity index is 755. The monoisotopic (exact) mass is 470 g/mol. The van der Waals surface area contributed by atoms with Crippen molar-refractivity contribution in [1.82, 2.24) is 15.8 Å². The number of hydrogen-bond acceptors (Lipinski definition) is 4. The SMILES string of the molecule is CCNC(=NCc1c(C)noc1C)NCC1(O)CCc2ccccc21.I. The number of aliphatic hydroxyl groups is 1. The molecule has 1 aliphatic rings. The molecule has 142 valence electrons. The lowest BCUT2D eigenvalue weighted by atomic mass is 9.96. The number of guanidine groups is 1. The van der Waals surface area contributed by atoms with Crippen molar-refractivity contribution in [1.29, 1.82) is 0 Å². The molecular formula is C19H27IN4O2. The number of nitrogens with one attached hydrogen (secondary N) is 2. The van der Waals surface area contributed by atoms with E-state index in [1.165, 1.54) is 5.56 Å². The Morgan fingerprint density at radius 3 is 2.77 bits per heavy atom. The van der Waals surface area contributed by atoms with Crippen LogP contribution in [0.4, 0.5) is 0 Å². The average molecular weight is 470 g/mol. The molecule has 1 heterocycles. The van der Waals surface area contributed by atoms with E-state index in [-0.39, 0.29) is 24.0 Å². The molecular weight excluding hydrogens is 443 g/mol. The van der Waals surface area contributed by atoms with Crippen molar-refractivity contribution in [3.63, 3.8) is 0 Å². The van der Waals surface area contributed by atoms with Crippen LogP contribution < -0.4 is 10.6 Å². The van der Waals surface area contributed by atoms with Crippen LogP contribution in [-0.4, -0.2) is 29.3 Å². The topological polar surface area (TPSA) is 82.7 Å². The van der Waals surface area contributed by atoms with Gasteiger partial charge in [-0.15, -0.1) is 24.0 Å². The molecule has 1 aromatic heterocycles. The predicted octanol–water partition coefficient (Wildman–Crippen LogP) is 2.80. The number of halogens is 1. The molecule has 1 atom stereocenters. The molecule has 0 saturated heterocycles. The molecule has 0 radical (unpaired) electrons. The number of rotatable bonds is 5. The van der Waals surface area contributed by atoms with Gasteiger partial charge in [-0.25, -0.2) is 4.99 Å². The second-order valence-corrected chi connectivity index (χ2v) is 6.54. The van der Waals surface area contributed by atoms with E-state index in [0.717, 1.165) is 42.0 Å². The zero-order valence-corrected chi connectivity index (χ0v) is 17.8. The number of hydrogen-bond donors (Lipinski definition) is 3. The molecule has 0 fully saturated rings. The normalized spacial score (nSPS) is 19.0. The first-order valence-electron chi connectivity index (χ1n) is 8.78. The molecule has 0 aliphatic heterocycles. The Kier molecular flexibility index (Phi) is 7.05. The molecule has 0 amide bonds. The van der Waals surface area contributed by atoms with Gasteiger partial charge in [-0.2, -0.15) is 0 Å². The maximum absolute atomic E-state index is 11.0. The number of benzene rings is 1. The van der Waals surface area contributed by atoms with Crippen molar-refractivity contribution >= 4 is 29.9 Å². The fraction of sp³-hybridized carbons (Fsp3) is 0.474. The molecule has 26 heavy (non-hydrogen) atoms. The standard InChI is InChI=1S/C19H26N4O2.HI/c1-4-20-18(21-11-16-13(2)23-25-14(16)3)22-12-19(24)10-9-15-7-5-6-8-17(15)19;/h5-8,24H,4,9-12H2,1-3H3,(H2,20,21,22);1H. The van der Waals surface area contributed by atoms with Crippen LogP contribution >= 0.6 is 24.0 Å². The van der Waals surface area contributed by atoms with E-state index < -0.39 is 5.60 Å². The maximum atomic E-state index is 11.0. The predicted molar refractivity (Wildman–Crippen MR) is 113 cm³/mol. The van der Waals surface area contributed by atoms with E-state index in [9.17, 15) is 5.11 Å². The summed E-state index contributed by atoms with van der Waals surface area (Å²) in [4.78, 5) is 4.61. The van der Waals surface area contributed by atoms with Crippen LogP contribution in [0.1, 0.15) is 41.5 Å². The van der Waals surface area contributed by atoms with Crippen molar-refractivity contribution in [3.8, 4) is 0 Å². The highest BCUT2D eigenvalue weighted by atomic mass is 127. The summed E-state index contributed by atoms with van der Waals surface area (Å²) in [5.74, 6) is 1.47. The van der Waals surface area contributed by atoms with Crippen LogP contribution in [0, 0.1) is 13.8 Å². The molecule has 6 nitrogen and oxygen atoms in total. The summed E-state index contributed by atoms with van der Waals surface area (Å²) in [6, 6.07) is 8.10. The molecule has 3 rings (SSSR count). The summed E-state index contributed by atoms with van der Waals surface area (Å²) in [7, 11) is 0. The number of aromatic nitrogens is 1. The maximum Gasteiger partial charge on any atom is 0.191 e. The fourth-order valence-electron chi connectivity index (χ4n) is 3.31. The largest absolute Gasteiger partial charge is 0.383 e. The third-order valence-electron chi connectivity index (χ3n) is 4.80. The highest BCUT2D eigenvalue weighted by Gasteiger charge is 2.36. The second-order valence-electron chi connectivity index (χ2n) is 6.54. The minimum atomic E-state index is -0.851. The van der Waals surface area contributed by atoms with Crippen LogP contribution in [0.5, 0.6) is 0 Å². The minimum Gasteiger partial charge on any atom is -0.383 e. The van der Waals surface area contributed by atoms with Gasteiger partial charge in [0, 0.05) is 12.1 Å². The highest BCUT2D eigenvalue weighted by Crippen LogP contribution is 2.36. The van der Waals surface area contributed by atoms with Crippen LogP contribution in [0.3, 0.4) is 0 Å². The Morgan fingerprint density at radius 1 is 1.31 bits per heavy atom. The lowest BCUT2D eigenvalue weighted by Gasteiger charge is -2.25. The van der Waals surface area contributed by atoms with E-state index >= 15 is 0 Å². The van der Waals surface area contributed by atoms with Gasteiger partial charge in [-0.1, -0.05) is 29.4 Å². The molecule has 0 bridgehead atoms. The van der Waals surface area contributed by atoms with Gasteiger partial charge in [0.25, 0.3) is 0 Å². The van der Waals surface area contributed by atoms with Crippen LogP contribution in [-0.2, 0) is 18.6 Å². The summed E-state index contributed by atoms with van der Waals surface area (Å²) >= 11 is 0. The third-order valence-corrected chi connectivity index (χ3v) is 4.80. The van der Waals surface area contributed by atoms with Crippen LogP contribution in [0.2, 0.25) is 0 Å². The lowest BCUT2D eigenvalue weighted by molar-refractivity contribution is 0.0432. The Balaban J connectivity index is 0.00000243. The van der Waals surface area contributed by atoms with Gasteiger partial charge in [0.1, 0.15) is 11.4 Å². The number of fused-ring (bicyclic) bond motifs is 1. The van der Waals surface area contributed by atoms with Gasteiger partial charge < -0.3 is 20.3 Å². The Hall–Kier alpha value is -1.61. The van der Waals surface area contributed by atoms with Crippen molar-refractivity contribution in [2.45, 2.75) is 45.8 Å². The minimum absolute atomic E-state index is 0. The van der Waals surface area contributed by atoms with Gasteiger partial charge in [0.15, 0.2) is 5.96 Å². The van der Waals surface area contributed by atoms with Gasteiger partial charge in [0.2, 0.25) is 0 Å². The third kappa shape index (κ3) is 4.37. The zero-order valence-electron chi connectivity index (χ0n) is 15.5. The molecule has 0 saturated carbocycles. The van der Waals surface area contributed by atoms with E-state index in [1.807, 2.05) is 39.0 Å². The van der Waals surface area contributed by atoms with E-state index in [0.29, 0.717) is 19.0 Å². The van der Waals surface area contributed by atoms with E-state index in [2.05, 4.69) is 26.8 Å². The van der Waals surface area contributed by atoms with Crippen molar-refractivity contribution in [2.24, 2.45) is 4.99 Å². The first-order chi connectivity index (χ1) is 12.0. The average Bonchev–Trinajstić information content (AvgIpc) is 3.12. The van der Waals surface area contributed by atoms with Crippen LogP contribution in [0.15, 0.2) is 33.8 Å². The quantitative estimate of drug-likeness (QED) is 0.356. The first kappa shape index (κ1) is 20.7. The number of aryl methyl sites for hydroxylation is 3. The summed E-state index contributed by atoms with van der Waals surface area (Å²) < 4.78 is 5.18. The first-order valence-corrected chi connectivity index (χ1v) is 8.78. The van der Waals surface area contributed by atoms with Crippen LogP contribution in [0.25, 0.3) is 0 Å². The molecule has 2 aromatic rings. The van der Waals surface area contributed by atoms with Crippen molar-refractivity contribution in [3.05, 3.63) is 52.4 Å². The van der Waals surface area contributed by atoms with Gasteiger partial charge >= 0.3 is 0 Å². The van der Waals surface area contributed by atoms with E-state index in [1.54, 1.807) is 0 Å². The summed E-state index contributed by atoms with van der Waals surface area (Å²) in [6.45, 7) is 7.50. The lowest BCUT2D eigenvalue weighted by Crippen LogP contribution is -2.45. The summed E-state index contributed by atoms with van der Waals surface area (Å²) in [5, 5.41) is 21.5. The molecule has 1 aliphatic carbocycles. The van der Waals surface area contributed by atoms with Gasteiger partial charge in [-0.05, 0) is 44.7 Å². The van der Waals surface area contributed by atoms with Crippen molar-refractivity contribution < 1.29 is 9.63 Å². The zero-order chi connectivity index (χ0) is 17.9. The molecule has 3 N–H and O–H groups in total.